The summed E-state index contributed by atoms with van der Waals surface area (Å²) in [4.78, 5) is 10.1. The van der Waals surface area contributed by atoms with Gasteiger partial charge in [-0.05, 0) is 89.0 Å². The normalized spacial score (nSPS) is 11.6. The highest BCUT2D eigenvalue weighted by atomic mass is 15.0. The zero-order chi connectivity index (χ0) is 37.0. The first-order valence-corrected chi connectivity index (χ1v) is 19.0. The van der Waals surface area contributed by atoms with Crippen molar-refractivity contribution in [1.82, 2.24) is 19.1 Å². The molecule has 0 saturated heterocycles. The molecule has 4 nitrogen and oxygen atoms in total. The number of para-hydroxylation sites is 2. The van der Waals surface area contributed by atoms with E-state index >= 15 is 0 Å². The van der Waals surface area contributed by atoms with Gasteiger partial charge in [0.2, 0.25) is 0 Å². The lowest BCUT2D eigenvalue weighted by Gasteiger charge is -2.12. The van der Waals surface area contributed by atoms with E-state index in [9.17, 15) is 0 Å². The van der Waals surface area contributed by atoms with Crippen LogP contribution in [0.3, 0.4) is 0 Å². The highest BCUT2D eigenvalue weighted by Crippen LogP contribution is 2.41. The largest absolute Gasteiger partial charge is 0.309 e. The lowest BCUT2D eigenvalue weighted by molar-refractivity contribution is 1.14. The van der Waals surface area contributed by atoms with Gasteiger partial charge in [0, 0.05) is 50.2 Å². The molecular weight excluding hydrogens is 681 g/mol. The summed E-state index contributed by atoms with van der Waals surface area (Å²) < 4.78 is 4.68. The van der Waals surface area contributed by atoms with Crippen molar-refractivity contribution in [3.63, 3.8) is 0 Å². The Hall–Kier alpha value is -7.56. The van der Waals surface area contributed by atoms with Crippen molar-refractivity contribution in [2.24, 2.45) is 0 Å². The summed E-state index contributed by atoms with van der Waals surface area (Å²) in [5, 5.41) is 4.78. The molecule has 0 bridgehead atoms. The van der Waals surface area contributed by atoms with Crippen LogP contribution in [0.4, 0.5) is 0 Å². The third-order valence-corrected chi connectivity index (χ3v) is 11.0. The summed E-state index contributed by atoms with van der Waals surface area (Å²) in [5.74, 6) is 0. The molecule has 0 radical (unpaired) electrons. The number of aromatic nitrogens is 4. The van der Waals surface area contributed by atoms with E-state index in [-0.39, 0.29) is 0 Å². The Morgan fingerprint density at radius 2 is 0.946 bits per heavy atom. The Morgan fingerprint density at radius 3 is 1.71 bits per heavy atom. The molecule has 0 fully saturated rings. The molecule has 0 N–H and O–H groups in total. The standard InChI is InChI=1S/C52H34N4/c1-4-14-35(15-5-1)39-32-46(36-16-6-2-7-17-36)54-47(33-39)37-25-28-41(29-26-37)56-50-34-38(27-30-43(50)44-22-13-31-53-52(44)56)42-21-12-24-49-51(42)45-20-10-11-23-48(45)55(49)40-18-8-3-9-19-40/h1-34H. The molecule has 0 atom stereocenters. The first-order valence-electron chi connectivity index (χ1n) is 19.0. The van der Waals surface area contributed by atoms with E-state index in [1.165, 1.54) is 32.8 Å². The zero-order valence-electron chi connectivity index (χ0n) is 30.4. The zero-order valence-corrected chi connectivity index (χ0v) is 30.4. The Labute approximate surface area is 324 Å². The van der Waals surface area contributed by atoms with E-state index in [1.807, 2.05) is 18.3 Å². The third kappa shape index (κ3) is 5.23. The molecule has 4 heteroatoms. The minimum Gasteiger partial charge on any atom is -0.309 e. The summed E-state index contributed by atoms with van der Waals surface area (Å²) in [6.45, 7) is 0. The fourth-order valence-electron chi connectivity index (χ4n) is 8.40. The molecule has 0 saturated carbocycles. The van der Waals surface area contributed by atoms with Crippen molar-refractivity contribution >= 4 is 43.7 Å². The first kappa shape index (κ1) is 31.9. The van der Waals surface area contributed by atoms with Gasteiger partial charge < -0.3 is 4.57 Å². The molecule has 262 valence electrons. The summed E-state index contributed by atoms with van der Waals surface area (Å²) >= 11 is 0. The van der Waals surface area contributed by atoms with Gasteiger partial charge >= 0.3 is 0 Å². The Bertz CT molecular complexity index is 3160. The second-order valence-corrected chi connectivity index (χ2v) is 14.2. The van der Waals surface area contributed by atoms with Crippen molar-refractivity contribution in [3.8, 4) is 56.1 Å². The van der Waals surface area contributed by atoms with Gasteiger partial charge in [-0.25, -0.2) is 9.97 Å². The van der Waals surface area contributed by atoms with Crippen LogP contribution in [0.15, 0.2) is 206 Å². The quantitative estimate of drug-likeness (QED) is 0.172. The summed E-state index contributed by atoms with van der Waals surface area (Å²) in [6, 6.07) is 71.2. The summed E-state index contributed by atoms with van der Waals surface area (Å²) in [6.07, 6.45) is 1.89. The van der Waals surface area contributed by atoms with Crippen LogP contribution >= 0.6 is 0 Å². The Kier molecular flexibility index (Phi) is 7.46. The van der Waals surface area contributed by atoms with Crippen molar-refractivity contribution in [2.75, 3.05) is 0 Å². The second kappa shape index (κ2) is 13.1. The predicted octanol–water partition coefficient (Wildman–Crippen LogP) is 13.3. The van der Waals surface area contributed by atoms with Gasteiger partial charge in [-0.1, -0.05) is 133 Å². The molecule has 0 spiro atoms. The molecule has 7 aromatic carbocycles. The predicted molar refractivity (Wildman–Crippen MR) is 232 cm³/mol. The Morgan fingerprint density at radius 1 is 0.339 bits per heavy atom. The van der Waals surface area contributed by atoms with E-state index in [4.69, 9.17) is 9.97 Å². The number of nitrogens with zero attached hydrogens (tertiary/aromatic N) is 4. The molecule has 0 aliphatic carbocycles. The van der Waals surface area contributed by atoms with Gasteiger partial charge in [-0.2, -0.15) is 0 Å². The van der Waals surface area contributed by atoms with E-state index in [0.717, 1.165) is 67.1 Å². The monoisotopic (exact) mass is 714 g/mol. The average molecular weight is 715 g/mol. The number of hydrogen-bond donors (Lipinski definition) is 0. The SMILES string of the molecule is c1ccc(-c2cc(-c3ccccc3)nc(-c3ccc(-n4c5cc(-c6cccc7c6c6ccccc6n7-c6ccccc6)ccc5c5cccnc54)cc3)c2)cc1. The van der Waals surface area contributed by atoms with Crippen LogP contribution < -0.4 is 0 Å². The lowest BCUT2D eigenvalue weighted by atomic mass is 9.98. The van der Waals surface area contributed by atoms with Crippen molar-refractivity contribution in [2.45, 2.75) is 0 Å². The molecule has 56 heavy (non-hydrogen) atoms. The van der Waals surface area contributed by atoms with Gasteiger partial charge in [-0.3, -0.25) is 4.57 Å². The molecule has 0 amide bonds. The molecule has 11 rings (SSSR count). The fraction of sp³-hybridized carbons (Fsp3) is 0. The van der Waals surface area contributed by atoms with E-state index in [1.54, 1.807) is 0 Å². The number of fused-ring (bicyclic) bond motifs is 6. The minimum atomic E-state index is 0.932. The van der Waals surface area contributed by atoms with Gasteiger partial charge in [0.05, 0.1) is 27.9 Å². The van der Waals surface area contributed by atoms with E-state index in [0.29, 0.717) is 0 Å². The number of hydrogen-bond acceptors (Lipinski definition) is 2. The maximum absolute atomic E-state index is 5.18. The third-order valence-electron chi connectivity index (χ3n) is 11.0. The van der Waals surface area contributed by atoms with Gasteiger partial charge in [-0.15, -0.1) is 0 Å². The number of pyridine rings is 2. The minimum absolute atomic E-state index is 0.932. The lowest BCUT2D eigenvalue weighted by Crippen LogP contribution is -1.96. The maximum Gasteiger partial charge on any atom is 0.145 e. The van der Waals surface area contributed by atoms with Crippen LogP contribution in [0.1, 0.15) is 0 Å². The smallest absolute Gasteiger partial charge is 0.145 e. The van der Waals surface area contributed by atoms with Gasteiger partial charge in [0.25, 0.3) is 0 Å². The second-order valence-electron chi connectivity index (χ2n) is 14.2. The average Bonchev–Trinajstić information content (AvgIpc) is 3.80. The van der Waals surface area contributed by atoms with Gasteiger partial charge in [0.1, 0.15) is 5.65 Å². The van der Waals surface area contributed by atoms with Crippen LogP contribution in [-0.4, -0.2) is 19.1 Å². The topological polar surface area (TPSA) is 35.6 Å². The van der Waals surface area contributed by atoms with Crippen LogP contribution in [0, 0.1) is 0 Å². The fourth-order valence-corrected chi connectivity index (χ4v) is 8.40. The molecule has 11 aromatic rings. The molecular formula is C52H34N4. The van der Waals surface area contributed by atoms with E-state index in [2.05, 4.69) is 197 Å². The maximum atomic E-state index is 5.18. The number of benzene rings is 7. The molecule has 4 aromatic heterocycles. The highest BCUT2D eigenvalue weighted by Gasteiger charge is 2.19. The molecule has 4 heterocycles. The highest BCUT2D eigenvalue weighted by molar-refractivity contribution is 6.17. The van der Waals surface area contributed by atoms with Crippen LogP contribution in [0.5, 0.6) is 0 Å². The van der Waals surface area contributed by atoms with Crippen molar-refractivity contribution < 1.29 is 0 Å². The Balaban J connectivity index is 1.07. The molecule has 0 unspecified atom stereocenters. The molecule has 0 aliphatic rings. The van der Waals surface area contributed by atoms with Crippen molar-refractivity contribution in [1.29, 1.82) is 0 Å². The van der Waals surface area contributed by atoms with Crippen LogP contribution in [-0.2, 0) is 0 Å². The number of rotatable bonds is 6. The first-order chi connectivity index (χ1) is 27.8. The molecule has 0 aliphatic heterocycles. The van der Waals surface area contributed by atoms with Crippen LogP contribution in [0.2, 0.25) is 0 Å². The van der Waals surface area contributed by atoms with E-state index < -0.39 is 0 Å². The van der Waals surface area contributed by atoms with Gasteiger partial charge in [0.15, 0.2) is 0 Å². The van der Waals surface area contributed by atoms with Crippen LogP contribution in [0.25, 0.3) is 99.9 Å². The summed E-state index contributed by atoms with van der Waals surface area (Å²) in [5.41, 5.74) is 15.3. The van der Waals surface area contributed by atoms with Crippen molar-refractivity contribution in [3.05, 3.63) is 206 Å². The summed E-state index contributed by atoms with van der Waals surface area (Å²) in [7, 11) is 0.